The average Bonchev–Trinajstić information content (AvgIpc) is 2.18. The molecule has 0 N–H and O–H groups in total. The molecule has 0 aromatic rings. The first kappa shape index (κ1) is 13.3. The third kappa shape index (κ3) is 3.36. The number of terminal acetylenes is 1. The van der Waals surface area contributed by atoms with Crippen LogP contribution in [0.25, 0.3) is 0 Å². The summed E-state index contributed by atoms with van der Waals surface area (Å²) in [6.45, 7) is 7.11. The fourth-order valence-electron chi connectivity index (χ4n) is 1.95. The van der Waals surface area contributed by atoms with Crippen LogP contribution < -0.4 is 0 Å². The van der Waals surface area contributed by atoms with Gasteiger partial charge in [0.15, 0.2) is 0 Å². The maximum absolute atomic E-state index is 5.33. The first-order valence-corrected chi connectivity index (χ1v) is 7.70. The molecule has 1 aliphatic rings. The summed E-state index contributed by atoms with van der Waals surface area (Å²) in [6.07, 6.45) is 10.1. The Balaban J connectivity index is 2.64. The number of thioether (sulfide) groups is 2. The minimum absolute atomic E-state index is 0.372. The molecule has 2 heteroatoms. The molecular formula is C13H22S2. The van der Waals surface area contributed by atoms with Gasteiger partial charge in [-0.3, -0.25) is 0 Å². The standard InChI is InChI=1S/C13H22S2/c1-5-6-7-9-13(12(2,3)4)14-10-8-11-15-13/h1H,6-11H2,2-4H3. The number of unbranched alkanes of at least 4 members (excludes halogenated alkanes) is 1. The molecule has 0 aliphatic carbocycles. The smallest absolute Gasteiger partial charge is 0.0659 e. The largest absolute Gasteiger partial charge is 0.144 e. The van der Waals surface area contributed by atoms with Crippen LogP contribution in [0.2, 0.25) is 0 Å². The molecule has 1 fully saturated rings. The van der Waals surface area contributed by atoms with Crippen molar-refractivity contribution in [3.8, 4) is 12.3 Å². The van der Waals surface area contributed by atoms with Gasteiger partial charge < -0.3 is 0 Å². The zero-order valence-electron chi connectivity index (χ0n) is 10.1. The molecule has 0 saturated carbocycles. The number of hydrogen-bond donors (Lipinski definition) is 0. The number of rotatable bonds is 3. The zero-order chi connectivity index (χ0) is 11.4. The molecule has 0 unspecified atom stereocenters. The van der Waals surface area contributed by atoms with Crippen molar-refractivity contribution < 1.29 is 0 Å². The lowest BCUT2D eigenvalue weighted by Crippen LogP contribution is -2.39. The second-order valence-corrected chi connectivity index (χ2v) is 8.16. The predicted octanol–water partition coefficient (Wildman–Crippen LogP) is 4.40. The van der Waals surface area contributed by atoms with Crippen molar-refractivity contribution in [1.82, 2.24) is 0 Å². The fraction of sp³-hybridized carbons (Fsp3) is 0.846. The van der Waals surface area contributed by atoms with Gasteiger partial charge >= 0.3 is 0 Å². The van der Waals surface area contributed by atoms with Crippen LogP contribution in [0.1, 0.15) is 46.5 Å². The highest BCUT2D eigenvalue weighted by atomic mass is 32.2. The van der Waals surface area contributed by atoms with Crippen LogP contribution in [0.15, 0.2) is 0 Å². The zero-order valence-corrected chi connectivity index (χ0v) is 11.8. The molecule has 0 amide bonds. The van der Waals surface area contributed by atoms with E-state index in [1.54, 1.807) is 0 Å². The van der Waals surface area contributed by atoms with Gasteiger partial charge in [-0.05, 0) is 36.2 Å². The Morgan fingerprint density at radius 3 is 2.33 bits per heavy atom. The molecule has 1 saturated heterocycles. The van der Waals surface area contributed by atoms with Crippen molar-refractivity contribution in [1.29, 1.82) is 0 Å². The molecular weight excluding hydrogens is 220 g/mol. The van der Waals surface area contributed by atoms with E-state index >= 15 is 0 Å². The lowest BCUT2D eigenvalue weighted by Gasteiger charge is -2.46. The van der Waals surface area contributed by atoms with Gasteiger partial charge in [0, 0.05) is 6.42 Å². The van der Waals surface area contributed by atoms with E-state index in [4.69, 9.17) is 6.42 Å². The summed E-state index contributed by atoms with van der Waals surface area (Å²) in [5.41, 5.74) is 0.372. The summed E-state index contributed by atoms with van der Waals surface area (Å²) in [4.78, 5) is 0. The van der Waals surface area contributed by atoms with Crippen LogP contribution in [0.3, 0.4) is 0 Å². The Kier molecular flexibility index (Phi) is 4.93. The molecule has 1 aliphatic heterocycles. The maximum atomic E-state index is 5.33. The molecule has 0 bridgehead atoms. The van der Waals surface area contributed by atoms with E-state index in [1.807, 2.05) is 0 Å². The minimum atomic E-state index is 0.372. The topological polar surface area (TPSA) is 0 Å². The normalized spacial score (nSPS) is 20.9. The van der Waals surface area contributed by atoms with Crippen molar-refractivity contribution >= 4 is 23.5 Å². The molecule has 0 nitrogen and oxygen atoms in total. The summed E-state index contributed by atoms with van der Waals surface area (Å²) in [6, 6.07) is 0. The van der Waals surface area contributed by atoms with Gasteiger partial charge in [-0.25, -0.2) is 0 Å². The first-order valence-electron chi connectivity index (χ1n) is 5.73. The van der Waals surface area contributed by atoms with Crippen LogP contribution >= 0.6 is 23.5 Å². The molecule has 0 radical (unpaired) electrons. The summed E-state index contributed by atoms with van der Waals surface area (Å²) in [5, 5.41) is 0. The highest BCUT2D eigenvalue weighted by molar-refractivity contribution is 8.18. The molecule has 0 aromatic heterocycles. The van der Waals surface area contributed by atoms with Crippen LogP contribution in [0, 0.1) is 17.8 Å². The highest BCUT2D eigenvalue weighted by Gasteiger charge is 2.43. The average molecular weight is 242 g/mol. The lowest BCUT2D eigenvalue weighted by atomic mass is 9.88. The molecule has 0 atom stereocenters. The van der Waals surface area contributed by atoms with Crippen molar-refractivity contribution in [3.63, 3.8) is 0 Å². The van der Waals surface area contributed by atoms with E-state index in [-0.39, 0.29) is 0 Å². The van der Waals surface area contributed by atoms with E-state index in [0.29, 0.717) is 9.49 Å². The summed E-state index contributed by atoms with van der Waals surface area (Å²) in [5.74, 6) is 5.40. The highest BCUT2D eigenvalue weighted by Crippen LogP contribution is 2.55. The molecule has 1 heterocycles. The Labute approximate surface area is 103 Å². The van der Waals surface area contributed by atoms with Gasteiger partial charge in [0.05, 0.1) is 4.08 Å². The van der Waals surface area contributed by atoms with Crippen molar-refractivity contribution in [3.05, 3.63) is 0 Å². The maximum Gasteiger partial charge on any atom is 0.0659 e. The second-order valence-electron chi connectivity index (χ2n) is 5.11. The summed E-state index contributed by atoms with van der Waals surface area (Å²) in [7, 11) is 0. The van der Waals surface area contributed by atoms with E-state index in [0.717, 1.165) is 6.42 Å². The second kappa shape index (κ2) is 5.55. The van der Waals surface area contributed by atoms with Crippen molar-refractivity contribution in [2.75, 3.05) is 11.5 Å². The van der Waals surface area contributed by atoms with Gasteiger partial charge in [0.25, 0.3) is 0 Å². The van der Waals surface area contributed by atoms with Crippen molar-refractivity contribution in [2.45, 2.75) is 50.5 Å². The van der Waals surface area contributed by atoms with E-state index < -0.39 is 0 Å². The van der Waals surface area contributed by atoms with Gasteiger partial charge in [-0.2, -0.15) is 0 Å². The van der Waals surface area contributed by atoms with Crippen molar-refractivity contribution in [2.24, 2.45) is 5.41 Å². The van der Waals surface area contributed by atoms with E-state index in [9.17, 15) is 0 Å². The molecule has 0 spiro atoms. The number of hydrogen-bond acceptors (Lipinski definition) is 2. The lowest BCUT2D eigenvalue weighted by molar-refractivity contribution is 0.346. The third-order valence-electron chi connectivity index (χ3n) is 2.93. The monoisotopic (exact) mass is 242 g/mol. The summed E-state index contributed by atoms with van der Waals surface area (Å²) < 4.78 is 0.405. The Morgan fingerprint density at radius 1 is 1.27 bits per heavy atom. The van der Waals surface area contributed by atoms with E-state index in [2.05, 4.69) is 50.2 Å². The van der Waals surface area contributed by atoms with Gasteiger partial charge in [0.1, 0.15) is 0 Å². The Bertz CT molecular complexity index is 226. The molecule has 86 valence electrons. The Morgan fingerprint density at radius 2 is 1.87 bits per heavy atom. The molecule has 1 rings (SSSR count). The first-order chi connectivity index (χ1) is 7.02. The minimum Gasteiger partial charge on any atom is -0.144 e. The van der Waals surface area contributed by atoms with Gasteiger partial charge in [-0.15, -0.1) is 35.9 Å². The van der Waals surface area contributed by atoms with Crippen LogP contribution in [-0.4, -0.2) is 15.6 Å². The predicted molar refractivity (Wildman–Crippen MR) is 74.4 cm³/mol. The third-order valence-corrected chi connectivity index (χ3v) is 7.19. The fourth-order valence-corrected chi connectivity index (χ4v) is 5.65. The quantitative estimate of drug-likeness (QED) is 0.531. The van der Waals surface area contributed by atoms with Crippen LogP contribution in [-0.2, 0) is 0 Å². The van der Waals surface area contributed by atoms with E-state index in [1.165, 1.54) is 30.8 Å². The SMILES string of the molecule is C#CCCCC1(C(C)(C)C)SCCCS1. The Hall–Kier alpha value is 0.260. The van der Waals surface area contributed by atoms with Gasteiger partial charge in [-0.1, -0.05) is 20.8 Å². The summed E-state index contributed by atoms with van der Waals surface area (Å²) >= 11 is 4.32. The molecule has 0 aromatic carbocycles. The van der Waals surface area contributed by atoms with Crippen LogP contribution in [0.4, 0.5) is 0 Å². The van der Waals surface area contributed by atoms with Gasteiger partial charge in [0.2, 0.25) is 0 Å². The molecule has 15 heavy (non-hydrogen) atoms. The van der Waals surface area contributed by atoms with Crippen LogP contribution in [0.5, 0.6) is 0 Å².